The predicted octanol–water partition coefficient (Wildman–Crippen LogP) is 5.85. The minimum atomic E-state index is 0.194. The molecule has 2 aromatic carbocycles. The molecular formula is C17H17BrN2S. The lowest BCUT2D eigenvalue weighted by atomic mass is 10.1. The smallest absolute Gasteiger partial charge is 0.0901 e. The van der Waals surface area contributed by atoms with Crippen molar-refractivity contribution in [1.82, 2.24) is 4.98 Å². The summed E-state index contributed by atoms with van der Waals surface area (Å²) in [5.74, 6) is 0. The largest absolute Gasteiger partial charge is 0.376 e. The molecule has 0 radical (unpaired) electrons. The van der Waals surface area contributed by atoms with Crippen LogP contribution < -0.4 is 5.32 Å². The Bertz CT molecular complexity index is 795. The Hall–Kier alpha value is -1.39. The molecule has 1 atom stereocenters. The van der Waals surface area contributed by atoms with Crippen LogP contribution in [0.3, 0.4) is 0 Å². The van der Waals surface area contributed by atoms with E-state index in [0.29, 0.717) is 0 Å². The molecule has 0 aliphatic rings. The Morgan fingerprint density at radius 3 is 2.48 bits per heavy atom. The van der Waals surface area contributed by atoms with Gasteiger partial charge in [0.25, 0.3) is 0 Å². The first-order chi connectivity index (χ1) is 10.1. The molecule has 4 heteroatoms. The van der Waals surface area contributed by atoms with Crippen molar-refractivity contribution in [3.05, 3.63) is 56.4 Å². The lowest BCUT2D eigenvalue weighted by molar-refractivity contribution is 0.838. The van der Waals surface area contributed by atoms with Gasteiger partial charge in [-0.15, -0.1) is 11.3 Å². The van der Waals surface area contributed by atoms with Gasteiger partial charge in [0.1, 0.15) is 0 Å². The van der Waals surface area contributed by atoms with Gasteiger partial charge in [-0.2, -0.15) is 0 Å². The zero-order valence-corrected chi connectivity index (χ0v) is 14.7. The predicted molar refractivity (Wildman–Crippen MR) is 95.3 cm³/mol. The van der Waals surface area contributed by atoms with Crippen molar-refractivity contribution in [2.24, 2.45) is 0 Å². The molecule has 0 fully saturated rings. The Morgan fingerprint density at radius 1 is 1.10 bits per heavy atom. The molecule has 108 valence electrons. The van der Waals surface area contributed by atoms with Crippen molar-refractivity contribution in [3.8, 4) is 0 Å². The van der Waals surface area contributed by atoms with E-state index in [9.17, 15) is 0 Å². The van der Waals surface area contributed by atoms with Gasteiger partial charge in [-0.3, -0.25) is 0 Å². The Morgan fingerprint density at radius 2 is 1.81 bits per heavy atom. The highest BCUT2D eigenvalue weighted by atomic mass is 79.9. The molecule has 2 nitrogen and oxygen atoms in total. The van der Waals surface area contributed by atoms with Crippen LogP contribution in [0, 0.1) is 13.8 Å². The summed E-state index contributed by atoms with van der Waals surface area (Å²) in [5, 5.41) is 7.18. The summed E-state index contributed by atoms with van der Waals surface area (Å²) in [5.41, 5.74) is 2.29. The van der Waals surface area contributed by atoms with E-state index in [1.165, 1.54) is 15.6 Å². The molecule has 0 saturated carbocycles. The van der Waals surface area contributed by atoms with Crippen LogP contribution in [-0.4, -0.2) is 4.98 Å². The minimum Gasteiger partial charge on any atom is -0.376 e. The van der Waals surface area contributed by atoms with E-state index >= 15 is 0 Å². The second-order valence-electron chi connectivity index (χ2n) is 5.18. The number of benzene rings is 2. The zero-order valence-electron chi connectivity index (χ0n) is 12.3. The first-order valence-electron chi connectivity index (χ1n) is 6.94. The lowest BCUT2D eigenvalue weighted by Crippen LogP contribution is -2.08. The number of halogens is 1. The van der Waals surface area contributed by atoms with Crippen LogP contribution in [0.2, 0.25) is 0 Å². The van der Waals surface area contributed by atoms with Gasteiger partial charge in [-0.25, -0.2) is 4.98 Å². The zero-order chi connectivity index (χ0) is 15.0. The Balaban J connectivity index is 1.99. The molecular weight excluding hydrogens is 344 g/mol. The van der Waals surface area contributed by atoms with E-state index in [4.69, 9.17) is 0 Å². The fourth-order valence-corrected chi connectivity index (χ4v) is 4.03. The highest BCUT2D eigenvalue weighted by Crippen LogP contribution is 2.33. The summed E-state index contributed by atoms with van der Waals surface area (Å²) in [6.45, 7) is 6.36. The molecule has 3 aromatic rings. The van der Waals surface area contributed by atoms with Crippen molar-refractivity contribution in [2.75, 3.05) is 5.32 Å². The van der Waals surface area contributed by atoms with Gasteiger partial charge in [-0.05, 0) is 38.3 Å². The van der Waals surface area contributed by atoms with E-state index in [0.717, 1.165) is 20.9 Å². The van der Waals surface area contributed by atoms with Crippen molar-refractivity contribution in [2.45, 2.75) is 26.8 Å². The van der Waals surface area contributed by atoms with Crippen LogP contribution in [0.15, 0.2) is 40.9 Å². The summed E-state index contributed by atoms with van der Waals surface area (Å²) < 4.78 is 1.12. The first-order valence-corrected chi connectivity index (χ1v) is 8.55. The quantitative estimate of drug-likeness (QED) is 0.633. The number of nitrogens with zero attached hydrogens (tertiary/aromatic N) is 1. The van der Waals surface area contributed by atoms with E-state index in [1.54, 1.807) is 11.3 Å². The summed E-state index contributed by atoms with van der Waals surface area (Å²) in [7, 11) is 0. The summed E-state index contributed by atoms with van der Waals surface area (Å²) in [4.78, 5) is 5.94. The molecule has 1 heterocycles. The number of hydrogen-bond acceptors (Lipinski definition) is 3. The monoisotopic (exact) mass is 360 g/mol. The van der Waals surface area contributed by atoms with Crippen LogP contribution in [0.4, 0.5) is 5.69 Å². The molecule has 0 spiro atoms. The molecule has 21 heavy (non-hydrogen) atoms. The number of fused-ring (bicyclic) bond motifs is 1. The van der Waals surface area contributed by atoms with Crippen molar-refractivity contribution in [3.63, 3.8) is 0 Å². The van der Waals surface area contributed by atoms with Crippen LogP contribution in [-0.2, 0) is 0 Å². The number of thiazole rings is 1. The molecule has 3 rings (SSSR count). The summed E-state index contributed by atoms with van der Waals surface area (Å²) in [6.07, 6.45) is 0. The maximum Gasteiger partial charge on any atom is 0.0901 e. The maximum atomic E-state index is 4.65. The number of rotatable bonds is 3. The number of anilines is 1. The fourth-order valence-electron chi connectivity index (χ4n) is 2.64. The summed E-state index contributed by atoms with van der Waals surface area (Å²) >= 11 is 5.37. The Kier molecular flexibility index (Phi) is 4.00. The van der Waals surface area contributed by atoms with Crippen LogP contribution in [0.5, 0.6) is 0 Å². The van der Waals surface area contributed by atoms with Gasteiger partial charge >= 0.3 is 0 Å². The third-order valence-electron chi connectivity index (χ3n) is 3.59. The standard InChI is InChI=1S/C17H17BrN2S/c1-10(17-11(2)21-12(3)20-17)19-16-9-8-15(18)13-6-4-5-7-14(13)16/h4-10,19H,1-3H3. The van der Waals surface area contributed by atoms with Gasteiger partial charge in [0.15, 0.2) is 0 Å². The Labute approximate surface area is 137 Å². The van der Waals surface area contributed by atoms with Gasteiger partial charge in [0.05, 0.1) is 16.7 Å². The molecule has 0 aliphatic carbocycles. The fraction of sp³-hybridized carbons (Fsp3) is 0.235. The lowest BCUT2D eigenvalue weighted by Gasteiger charge is -2.16. The molecule has 0 bridgehead atoms. The molecule has 0 saturated heterocycles. The van der Waals surface area contributed by atoms with Gasteiger partial charge in [-0.1, -0.05) is 40.2 Å². The summed E-state index contributed by atoms with van der Waals surface area (Å²) in [6, 6.07) is 12.8. The molecule has 1 aromatic heterocycles. The number of aryl methyl sites for hydroxylation is 2. The van der Waals surface area contributed by atoms with Gasteiger partial charge < -0.3 is 5.32 Å². The van der Waals surface area contributed by atoms with Crippen molar-refractivity contribution in [1.29, 1.82) is 0 Å². The minimum absolute atomic E-state index is 0.194. The number of aromatic nitrogens is 1. The van der Waals surface area contributed by atoms with Gasteiger partial charge in [0.2, 0.25) is 0 Å². The highest BCUT2D eigenvalue weighted by molar-refractivity contribution is 9.10. The van der Waals surface area contributed by atoms with E-state index in [2.05, 4.69) is 83.4 Å². The first kappa shape index (κ1) is 14.5. The van der Waals surface area contributed by atoms with E-state index in [1.807, 2.05) is 0 Å². The van der Waals surface area contributed by atoms with Crippen molar-refractivity contribution < 1.29 is 0 Å². The SMILES string of the molecule is Cc1nc(C(C)Nc2ccc(Br)c3ccccc23)c(C)s1. The average Bonchev–Trinajstić information content (AvgIpc) is 2.81. The van der Waals surface area contributed by atoms with Crippen molar-refractivity contribution >= 4 is 43.7 Å². The van der Waals surface area contributed by atoms with E-state index < -0.39 is 0 Å². The third-order valence-corrected chi connectivity index (χ3v) is 5.19. The second-order valence-corrected chi connectivity index (χ2v) is 7.44. The topological polar surface area (TPSA) is 24.9 Å². The second kappa shape index (κ2) is 5.78. The maximum absolute atomic E-state index is 4.65. The van der Waals surface area contributed by atoms with Crippen LogP contribution in [0.25, 0.3) is 10.8 Å². The number of nitrogens with one attached hydrogen (secondary N) is 1. The normalized spacial score (nSPS) is 12.6. The average molecular weight is 361 g/mol. The third kappa shape index (κ3) is 2.83. The van der Waals surface area contributed by atoms with Gasteiger partial charge in [0, 0.05) is 20.4 Å². The molecule has 1 N–H and O–H groups in total. The molecule has 1 unspecified atom stereocenters. The number of hydrogen-bond donors (Lipinski definition) is 1. The molecule has 0 amide bonds. The molecule has 0 aliphatic heterocycles. The van der Waals surface area contributed by atoms with E-state index in [-0.39, 0.29) is 6.04 Å². The highest BCUT2D eigenvalue weighted by Gasteiger charge is 2.14. The van der Waals surface area contributed by atoms with Crippen LogP contribution in [0.1, 0.15) is 28.5 Å². The van der Waals surface area contributed by atoms with Crippen LogP contribution >= 0.6 is 27.3 Å².